The highest BCUT2D eigenvalue weighted by Crippen LogP contribution is 2.39. The molecule has 1 aromatic heterocycles. The highest BCUT2D eigenvalue weighted by Gasteiger charge is 2.32. The number of carbonyl (C=O) groups is 2. The van der Waals surface area contributed by atoms with Crippen molar-refractivity contribution >= 4 is 22.8 Å². The van der Waals surface area contributed by atoms with E-state index in [9.17, 15) is 14.1 Å². The highest BCUT2D eigenvalue weighted by atomic mass is 19.2. The van der Waals surface area contributed by atoms with Crippen molar-refractivity contribution < 1.29 is 18.8 Å². The molecule has 1 fully saturated rings. The first-order valence-electron chi connectivity index (χ1n) is 11.9. The summed E-state index contributed by atoms with van der Waals surface area (Å²) in [6.45, 7) is 5.22. The monoisotopic (exact) mass is 443 g/mol. The molecule has 32 heavy (non-hydrogen) atoms. The Bertz CT molecular complexity index is 996. The van der Waals surface area contributed by atoms with Crippen molar-refractivity contribution in [3.8, 4) is 0 Å². The van der Waals surface area contributed by atoms with Crippen LogP contribution in [0.15, 0.2) is 18.2 Å². The highest BCUT2D eigenvalue weighted by molar-refractivity contribution is 6.06. The van der Waals surface area contributed by atoms with Gasteiger partial charge in [-0.15, -0.1) is 0 Å². The van der Waals surface area contributed by atoms with E-state index in [4.69, 9.17) is 4.74 Å². The van der Waals surface area contributed by atoms with Crippen LogP contribution in [0.25, 0.3) is 10.9 Å². The number of amides is 3. The summed E-state index contributed by atoms with van der Waals surface area (Å²) < 4.78 is 21.8. The zero-order valence-electron chi connectivity index (χ0n) is 19.4. The van der Waals surface area contributed by atoms with E-state index in [0.717, 1.165) is 54.7 Å². The van der Waals surface area contributed by atoms with E-state index in [-0.39, 0.29) is 18.2 Å². The molecule has 3 amide bonds. The first-order valence-corrected chi connectivity index (χ1v) is 11.9. The van der Waals surface area contributed by atoms with Gasteiger partial charge in [-0.2, -0.15) is 5.12 Å². The van der Waals surface area contributed by atoms with Gasteiger partial charge in [0, 0.05) is 49.0 Å². The van der Waals surface area contributed by atoms with Crippen molar-refractivity contribution in [2.45, 2.75) is 52.4 Å². The second kappa shape index (κ2) is 9.61. The van der Waals surface area contributed by atoms with Gasteiger partial charge in [-0.25, -0.2) is 4.79 Å². The number of rotatable bonds is 5. The van der Waals surface area contributed by atoms with Gasteiger partial charge in [0.25, 0.3) is 5.91 Å². The molecule has 2 aliphatic rings. The van der Waals surface area contributed by atoms with Crippen LogP contribution >= 0.6 is 0 Å². The van der Waals surface area contributed by atoms with Crippen LogP contribution in [-0.4, -0.2) is 52.8 Å². The number of aromatic nitrogens is 1. The molecule has 0 spiro atoms. The number of aryl methyl sites for hydroxylation is 1. The van der Waals surface area contributed by atoms with Gasteiger partial charge in [0.1, 0.15) is 0 Å². The molecule has 1 saturated heterocycles. The van der Waals surface area contributed by atoms with E-state index < -0.39 is 11.9 Å². The van der Waals surface area contributed by atoms with E-state index in [2.05, 4.69) is 11.6 Å². The van der Waals surface area contributed by atoms with Gasteiger partial charge < -0.3 is 9.30 Å². The molecule has 7 heteroatoms. The van der Waals surface area contributed by atoms with Gasteiger partial charge in [-0.05, 0) is 81.0 Å². The molecule has 1 aliphatic heterocycles. The third kappa shape index (κ3) is 4.15. The molecule has 4 rings (SSSR count). The van der Waals surface area contributed by atoms with Crippen molar-refractivity contribution in [1.82, 2.24) is 14.6 Å². The standard InChI is InChI=1S/C25H34FN3O3/c1-4-12-28(25(31)29(26)5-2)24(30)19-7-9-23-21(16-19)20-15-18(6-8-22(20)27(23)3)17-10-13-32-14-11-17/h7,9,16-18H,4-6,8,10-15H2,1-3H3. The van der Waals surface area contributed by atoms with Crippen molar-refractivity contribution in [3.63, 3.8) is 0 Å². The Labute approximate surface area is 189 Å². The number of ether oxygens (including phenoxy) is 1. The van der Waals surface area contributed by atoms with Crippen LogP contribution in [0, 0.1) is 11.8 Å². The second-order valence-corrected chi connectivity index (χ2v) is 9.09. The summed E-state index contributed by atoms with van der Waals surface area (Å²) in [5.41, 5.74) is 4.21. The summed E-state index contributed by atoms with van der Waals surface area (Å²) in [6, 6.07) is 4.74. The summed E-state index contributed by atoms with van der Waals surface area (Å²) in [4.78, 5) is 26.7. The Morgan fingerprint density at radius 1 is 1.16 bits per heavy atom. The minimum atomic E-state index is -0.894. The fraction of sp³-hybridized carbons (Fsp3) is 0.600. The lowest BCUT2D eigenvalue weighted by atomic mass is 9.75. The number of hydrogen-bond acceptors (Lipinski definition) is 3. The van der Waals surface area contributed by atoms with Crippen LogP contribution in [0.3, 0.4) is 0 Å². The van der Waals surface area contributed by atoms with E-state index in [1.165, 1.54) is 17.7 Å². The Hall–Kier alpha value is -2.41. The van der Waals surface area contributed by atoms with Gasteiger partial charge in [0.2, 0.25) is 0 Å². The average Bonchev–Trinajstić information content (AvgIpc) is 3.12. The second-order valence-electron chi connectivity index (χ2n) is 9.09. The Balaban J connectivity index is 1.66. The summed E-state index contributed by atoms with van der Waals surface area (Å²) in [5.74, 6) is 0.891. The maximum absolute atomic E-state index is 14.0. The molecule has 1 atom stereocenters. The SMILES string of the molecule is CCCN(C(=O)c1ccc2c(c1)c1c(n2C)CCC(C2CCOCC2)C1)C(=O)N(F)CC. The summed E-state index contributed by atoms with van der Waals surface area (Å²) >= 11 is 0. The van der Waals surface area contributed by atoms with Gasteiger partial charge in [0.15, 0.2) is 0 Å². The fourth-order valence-corrected chi connectivity index (χ4v) is 5.46. The predicted octanol–water partition coefficient (Wildman–Crippen LogP) is 4.89. The van der Waals surface area contributed by atoms with Gasteiger partial charge in [-0.3, -0.25) is 9.69 Å². The largest absolute Gasteiger partial charge is 0.381 e. The smallest absolute Gasteiger partial charge is 0.355 e. The van der Waals surface area contributed by atoms with Crippen molar-refractivity contribution in [2.75, 3.05) is 26.3 Å². The first-order chi connectivity index (χ1) is 15.5. The van der Waals surface area contributed by atoms with Crippen LogP contribution < -0.4 is 0 Å². The molecule has 1 aliphatic carbocycles. The quantitative estimate of drug-likeness (QED) is 0.619. The van der Waals surface area contributed by atoms with E-state index in [1.54, 1.807) is 13.0 Å². The molecule has 0 bridgehead atoms. The molecule has 6 nitrogen and oxygen atoms in total. The Kier molecular flexibility index (Phi) is 6.84. The molecular weight excluding hydrogens is 409 g/mol. The molecule has 0 radical (unpaired) electrons. The topological polar surface area (TPSA) is 54.8 Å². The third-order valence-electron chi connectivity index (χ3n) is 7.24. The van der Waals surface area contributed by atoms with Crippen LogP contribution in [0.5, 0.6) is 0 Å². The lowest BCUT2D eigenvalue weighted by Crippen LogP contribution is -2.43. The first kappa shape index (κ1) is 22.8. The fourth-order valence-electron chi connectivity index (χ4n) is 5.46. The number of nitrogens with zero attached hydrogens (tertiary/aromatic N) is 3. The summed E-state index contributed by atoms with van der Waals surface area (Å²) in [5, 5.41) is 1.18. The molecule has 2 aromatic rings. The molecule has 0 saturated carbocycles. The lowest BCUT2D eigenvalue weighted by Gasteiger charge is -2.33. The predicted molar refractivity (Wildman–Crippen MR) is 122 cm³/mol. The van der Waals surface area contributed by atoms with E-state index >= 15 is 0 Å². The Morgan fingerprint density at radius 3 is 2.59 bits per heavy atom. The normalized spacial score (nSPS) is 19.1. The van der Waals surface area contributed by atoms with Crippen molar-refractivity contribution in [1.29, 1.82) is 0 Å². The summed E-state index contributed by atoms with van der Waals surface area (Å²) in [6.07, 6.45) is 6.07. The number of fused-ring (bicyclic) bond motifs is 3. The average molecular weight is 444 g/mol. The van der Waals surface area contributed by atoms with Gasteiger partial charge in [-0.1, -0.05) is 11.4 Å². The van der Waals surface area contributed by atoms with Crippen LogP contribution in [0.4, 0.5) is 9.28 Å². The number of urea groups is 1. The molecule has 1 unspecified atom stereocenters. The van der Waals surface area contributed by atoms with Crippen molar-refractivity contribution in [2.24, 2.45) is 18.9 Å². The third-order valence-corrected chi connectivity index (χ3v) is 7.24. The number of halogens is 1. The number of benzene rings is 1. The lowest BCUT2D eigenvalue weighted by molar-refractivity contribution is 0.0401. The maximum atomic E-state index is 14.0. The number of carbonyl (C=O) groups excluding carboxylic acids is 2. The van der Waals surface area contributed by atoms with E-state index in [0.29, 0.717) is 23.8 Å². The maximum Gasteiger partial charge on any atom is 0.355 e. The molecular formula is C25H34FN3O3. The zero-order valence-corrected chi connectivity index (χ0v) is 19.4. The molecule has 0 N–H and O–H groups in total. The molecule has 1 aromatic carbocycles. The van der Waals surface area contributed by atoms with Crippen LogP contribution in [-0.2, 0) is 24.6 Å². The number of hydrogen-bond donors (Lipinski definition) is 0. The van der Waals surface area contributed by atoms with Gasteiger partial charge >= 0.3 is 6.03 Å². The number of imide groups is 1. The van der Waals surface area contributed by atoms with Crippen LogP contribution in [0.1, 0.15) is 61.1 Å². The van der Waals surface area contributed by atoms with Crippen molar-refractivity contribution in [3.05, 3.63) is 35.0 Å². The van der Waals surface area contributed by atoms with Gasteiger partial charge in [0.05, 0.1) is 6.54 Å². The Morgan fingerprint density at radius 2 is 1.91 bits per heavy atom. The minimum absolute atomic E-state index is 0.0921. The molecule has 174 valence electrons. The minimum Gasteiger partial charge on any atom is -0.381 e. The van der Waals surface area contributed by atoms with E-state index in [1.807, 2.05) is 19.1 Å². The zero-order chi connectivity index (χ0) is 22.8. The van der Waals surface area contributed by atoms with Crippen LogP contribution in [0.2, 0.25) is 0 Å². The summed E-state index contributed by atoms with van der Waals surface area (Å²) in [7, 11) is 2.09. The molecule has 2 heterocycles.